The molecule has 0 saturated heterocycles. The van der Waals surface area contributed by atoms with E-state index >= 15 is 0 Å². The fourth-order valence-corrected chi connectivity index (χ4v) is 4.41. The van der Waals surface area contributed by atoms with Crippen LogP contribution >= 0.6 is 0 Å². The molecule has 2 aliphatic carbocycles. The lowest BCUT2D eigenvalue weighted by molar-refractivity contribution is 0.00119. The number of likely N-dealkylation sites (N-methyl/N-ethyl adjacent to an activating group) is 1. The van der Waals surface area contributed by atoms with Crippen molar-refractivity contribution in [3.63, 3.8) is 0 Å². The Labute approximate surface area is 131 Å². The monoisotopic (exact) mass is 296 g/mol. The van der Waals surface area contributed by atoms with Crippen molar-refractivity contribution in [1.29, 1.82) is 0 Å². The molecular formula is C18H36N2O. The molecule has 21 heavy (non-hydrogen) atoms. The van der Waals surface area contributed by atoms with Crippen LogP contribution in [0.5, 0.6) is 0 Å². The van der Waals surface area contributed by atoms with Gasteiger partial charge in [-0.15, -0.1) is 0 Å². The minimum absolute atomic E-state index is 0.109. The van der Waals surface area contributed by atoms with E-state index in [4.69, 9.17) is 0 Å². The molecule has 2 fully saturated rings. The van der Waals surface area contributed by atoms with Gasteiger partial charge in [0, 0.05) is 19.1 Å². The summed E-state index contributed by atoms with van der Waals surface area (Å²) in [7, 11) is 2.24. The van der Waals surface area contributed by atoms with Crippen molar-refractivity contribution in [1.82, 2.24) is 10.2 Å². The molecule has 0 aromatic heterocycles. The maximum absolute atomic E-state index is 10.3. The van der Waals surface area contributed by atoms with E-state index in [1.807, 2.05) is 0 Å². The van der Waals surface area contributed by atoms with Crippen molar-refractivity contribution in [3.05, 3.63) is 0 Å². The highest BCUT2D eigenvalue weighted by Gasteiger charge is 2.37. The molecule has 3 nitrogen and oxygen atoms in total. The zero-order valence-corrected chi connectivity index (χ0v) is 14.4. The number of rotatable bonds is 6. The van der Waals surface area contributed by atoms with Crippen molar-refractivity contribution >= 4 is 0 Å². The van der Waals surface area contributed by atoms with E-state index < -0.39 is 0 Å². The summed E-state index contributed by atoms with van der Waals surface area (Å²) >= 11 is 0. The topological polar surface area (TPSA) is 35.5 Å². The zero-order chi connectivity index (χ0) is 15.3. The summed E-state index contributed by atoms with van der Waals surface area (Å²) in [5, 5.41) is 13.9. The first-order chi connectivity index (χ1) is 10.1. The Bertz CT molecular complexity index is 294. The van der Waals surface area contributed by atoms with Crippen molar-refractivity contribution in [3.8, 4) is 0 Å². The summed E-state index contributed by atoms with van der Waals surface area (Å²) in [5.41, 5.74) is 0.425. The third-order valence-electron chi connectivity index (χ3n) is 5.93. The van der Waals surface area contributed by atoms with E-state index in [0.717, 1.165) is 32.0 Å². The van der Waals surface area contributed by atoms with Crippen LogP contribution in [0.25, 0.3) is 0 Å². The molecular weight excluding hydrogens is 260 g/mol. The second-order valence-electron chi connectivity index (χ2n) is 7.80. The van der Waals surface area contributed by atoms with Crippen LogP contribution in [0.3, 0.4) is 0 Å². The zero-order valence-electron chi connectivity index (χ0n) is 14.4. The molecule has 3 heteroatoms. The second-order valence-corrected chi connectivity index (χ2v) is 7.80. The first-order valence-electron chi connectivity index (χ1n) is 9.15. The molecule has 0 radical (unpaired) electrons. The maximum Gasteiger partial charge on any atom is 0.0695 e. The van der Waals surface area contributed by atoms with Gasteiger partial charge in [-0.1, -0.05) is 39.5 Å². The summed E-state index contributed by atoms with van der Waals surface area (Å²) in [4.78, 5) is 2.48. The Morgan fingerprint density at radius 2 is 1.81 bits per heavy atom. The van der Waals surface area contributed by atoms with E-state index in [1.54, 1.807) is 0 Å². The number of nitrogens with zero attached hydrogens (tertiary/aromatic N) is 1. The Morgan fingerprint density at radius 1 is 1.14 bits per heavy atom. The van der Waals surface area contributed by atoms with Crippen LogP contribution < -0.4 is 5.32 Å². The van der Waals surface area contributed by atoms with Gasteiger partial charge in [0.1, 0.15) is 0 Å². The van der Waals surface area contributed by atoms with Crippen LogP contribution in [0.15, 0.2) is 0 Å². The minimum Gasteiger partial charge on any atom is -0.391 e. The largest absolute Gasteiger partial charge is 0.391 e. The van der Waals surface area contributed by atoms with Crippen LogP contribution in [-0.4, -0.2) is 48.8 Å². The predicted octanol–water partition coefficient (Wildman–Crippen LogP) is 3.03. The number of nitrogens with one attached hydrogen (secondary N) is 1. The Balaban J connectivity index is 1.96. The number of hydrogen-bond acceptors (Lipinski definition) is 3. The molecule has 2 saturated carbocycles. The van der Waals surface area contributed by atoms with E-state index in [-0.39, 0.29) is 6.10 Å². The van der Waals surface area contributed by atoms with Gasteiger partial charge in [0.05, 0.1) is 6.10 Å². The van der Waals surface area contributed by atoms with Gasteiger partial charge in [0.25, 0.3) is 0 Å². The minimum atomic E-state index is -0.109. The first kappa shape index (κ1) is 17.2. The highest BCUT2D eigenvalue weighted by Crippen LogP contribution is 2.40. The Morgan fingerprint density at radius 3 is 2.43 bits per heavy atom. The summed E-state index contributed by atoms with van der Waals surface area (Å²) in [6.07, 6.45) is 9.95. The predicted molar refractivity (Wildman–Crippen MR) is 89.5 cm³/mol. The van der Waals surface area contributed by atoms with E-state index in [0.29, 0.717) is 11.5 Å². The van der Waals surface area contributed by atoms with Gasteiger partial charge in [-0.25, -0.2) is 0 Å². The summed E-state index contributed by atoms with van der Waals surface area (Å²) in [6.45, 7) is 7.95. The molecule has 2 aliphatic rings. The van der Waals surface area contributed by atoms with Gasteiger partial charge in [0.2, 0.25) is 0 Å². The third-order valence-corrected chi connectivity index (χ3v) is 5.93. The Hall–Kier alpha value is -0.120. The average Bonchev–Trinajstić information content (AvgIpc) is 2.48. The third kappa shape index (κ3) is 4.67. The van der Waals surface area contributed by atoms with E-state index in [9.17, 15) is 5.11 Å². The number of aliphatic hydroxyl groups excluding tert-OH is 1. The normalized spacial score (nSPS) is 37.9. The molecule has 2 unspecified atom stereocenters. The Kier molecular flexibility index (Phi) is 6.51. The quantitative estimate of drug-likeness (QED) is 0.791. The molecule has 0 spiro atoms. The summed E-state index contributed by atoms with van der Waals surface area (Å²) in [5.74, 6) is 0.894. The maximum atomic E-state index is 10.3. The number of hydrogen-bond donors (Lipinski definition) is 2. The van der Waals surface area contributed by atoms with Crippen molar-refractivity contribution < 1.29 is 5.11 Å². The molecule has 0 heterocycles. The highest BCUT2D eigenvalue weighted by molar-refractivity contribution is 4.92. The van der Waals surface area contributed by atoms with Gasteiger partial charge in [0.15, 0.2) is 0 Å². The molecule has 2 atom stereocenters. The second kappa shape index (κ2) is 7.94. The molecule has 2 rings (SSSR count). The van der Waals surface area contributed by atoms with Gasteiger partial charge in [-0.3, -0.25) is 0 Å². The lowest BCUT2D eigenvalue weighted by Crippen LogP contribution is -2.51. The SMILES string of the molecule is CCNCC1(CN(C)C2CCCCC2O)CCC(C)CC1. The van der Waals surface area contributed by atoms with Crippen molar-refractivity contribution in [2.45, 2.75) is 77.4 Å². The molecule has 124 valence electrons. The summed E-state index contributed by atoms with van der Waals surface area (Å²) in [6, 6.07) is 0.386. The van der Waals surface area contributed by atoms with E-state index in [1.165, 1.54) is 44.9 Å². The molecule has 0 amide bonds. The van der Waals surface area contributed by atoms with Crippen molar-refractivity contribution in [2.75, 3.05) is 26.7 Å². The van der Waals surface area contributed by atoms with Crippen LogP contribution in [0.2, 0.25) is 0 Å². The fourth-order valence-electron chi connectivity index (χ4n) is 4.41. The van der Waals surface area contributed by atoms with Crippen molar-refractivity contribution in [2.24, 2.45) is 11.3 Å². The highest BCUT2D eigenvalue weighted by atomic mass is 16.3. The van der Waals surface area contributed by atoms with E-state index in [2.05, 4.69) is 31.1 Å². The van der Waals surface area contributed by atoms with Crippen LogP contribution in [0.1, 0.15) is 65.2 Å². The van der Waals surface area contributed by atoms with Crippen LogP contribution in [-0.2, 0) is 0 Å². The first-order valence-corrected chi connectivity index (χ1v) is 9.15. The summed E-state index contributed by atoms with van der Waals surface area (Å²) < 4.78 is 0. The lowest BCUT2D eigenvalue weighted by Gasteiger charge is -2.45. The number of aliphatic hydroxyl groups is 1. The molecule has 0 aromatic rings. The fraction of sp³-hybridized carbons (Fsp3) is 1.00. The lowest BCUT2D eigenvalue weighted by atomic mass is 9.70. The molecule has 0 aromatic carbocycles. The van der Waals surface area contributed by atoms with Gasteiger partial charge in [-0.05, 0) is 50.6 Å². The average molecular weight is 296 g/mol. The standard InChI is InChI=1S/C18H36N2O/c1-4-19-13-18(11-9-15(2)10-12-18)14-20(3)16-7-5-6-8-17(16)21/h15-17,19,21H,4-14H2,1-3H3. The smallest absolute Gasteiger partial charge is 0.0695 e. The van der Waals surface area contributed by atoms with Gasteiger partial charge in [-0.2, -0.15) is 0 Å². The molecule has 0 aliphatic heterocycles. The van der Waals surface area contributed by atoms with Crippen LogP contribution in [0, 0.1) is 11.3 Å². The van der Waals surface area contributed by atoms with Gasteiger partial charge >= 0.3 is 0 Å². The molecule has 2 N–H and O–H groups in total. The molecule has 0 bridgehead atoms. The van der Waals surface area contributed by atoms with Gasteiger partial charge < -0.3 is 15.3 Å². The van der Waals surface area contributed by atoms with Crippen LogP contribution in [0.4, 0.5) is 0 Å².